The number of guanidine groups is 1. The molecule has 1 N–H and O–H groups in total. The number of pyridine rings is 1. The van der Waals surface area contributed by atoms with Crippen LogP contribution >= 0.6 is 0 Å². The van der Waals surface area contributed by atoms with Gasteiger partial charge in [0.1, 0.15) is 0 Å². The molecule has 5 nitrogen and oxygen atoms in total. The Morgan fingerprint density at radius 2 is 2.26 bits per heavy atom. The second-order valence-corrected chi connectivity index (χ2v) is 6.00. The number of nitrogens with zero attached hydrogens (tertiary/aromatic N) is 3. The molecule has 122 valence electrons. The Labute approximate surface area is 137 Å². The average molecular weight is 312 g/mol. The van der Waals surface area contributed by atoms with Crippen LogP contribution in [0.3, 0.4) is 0 Å². The highest BCUT2D eigenvalue weighted by atomic mass is 16.5. The van der Waals surface area contributed by atoms with Gasteiger partial charge in [-0.1, -0.05) is 18.2 Å². The number of hydrogen-bond donors (Lipinski definition) is 1. The van der Waals surface area contributed by atoms with Gasteiger partial charge < -0.3 is 15.0 Å². The Morgan fingerprint density at radius 1 is 1.39 bits per heavy atom. The fourth-order valence-corrected chi connectivity index (χ4v) is 3.07. The molecule has 1 aliphatic rings. The van der Waals surface area contributed by atoms with Crippen LogP contribution in [0.2, 0.25) is 0 Å². The van der Waals surface area contributed by atoms with Gasteiger partial charge in [-0.3, -0.25) is 9.98 Å². The fraction of sp³-hybridized carbons (Fsp3) is 0.444. The van der Waals surface area contributed by atoms with E-state index in [1.54, 1.807) is 0 Å². The molecule has 2 heterocycles. The quantitative estimate of drug-likeness (QED) is 0.695. The molecule has 0 spiro atoms. The van der Waals surface area contributed by atoms with Gasteiger partial charge in [-0.15, -0.1) is 0 Å². The van der Waals surface area contributed by atoms with Crippen molar-refractivity contribution in [2.75, 3.05) is 33.9 Å². The number of aromatic nitrogens is 1. The number of fused-ring (bicyclic) bond motifs is 1. The molecular formula is C18H24N4O. The first-order chi connectivity index (χ1) is 11.3. The molecule has 1 atom stereocenters. The molecule has 1 fully saturated rings. The lowest BCUT2D eigenvalue weighted by Crippen LogP contribution is -2.41. The summed E-state index contributed by atoms with van der Waals surface area (Å²) < 4.78 is 5.45. The normalized spacial score (nSPS) is 18.3. The molecule has 3 rings (SSSR count). The summed E-state index contributed by atoms with van der Waals surface area (Å²) >= 11 is 0. The zero-order valence-electron chi connectivity index (χ0n) is 13.8. The minimum absolute atomic E-state index is 0.598. The first kappa shape index (κ1) is 15.7. The minimum Gasteiger partial charge on any atom is -0.381 e. The summed E-state index contributed by atoms with van der Waals surface area (Å²) in [5, 5.41) is 4.64. The first-order valence-corrected chi connectivity index (χ1v) is 8.10. The van der Waals surface area contributed by atoms with E-state index >= 15 is 0 Å². The lowest BCUT2D eigenvalue weighted by atomic mass is 10.1. The molecule has 23 heavy (non-hydrogen) atoms. The standard InChI is InChI=1S/C18H24N4O/c1-19-18(22(2)12-14-8-10-23-13-14)21-11-15-7-9-20-17-6-4-3-5-16(15)17/h3-7,9,14H,8,10-13H2,1-2H3,(H,19,21). The van der Waals surface area contributed by atoms with Gasteiger partial charge in [-0.2, -0.15) is 0 Å². The van der Waals surface area contributed by atoms with Gasteiger partial charge in [-0.25, -0.2) is 0 Å². The molecule has 0 aliphatic carbocycles. The van der Waals surface area contributed by atoms with Gasteiger partial charge in [0.25, 0.3) is 0 Å². The van der Waals surface area contributed by atoms with Crippen molar-refractivity contribution >= 4 is 16.9 Å². The van der Waals surface area contributed by atoms with E-state index in [9.17, 15) is 0 Å². The Balaban J connectivity index is 1.65. The summed E-state index contributed by atoms with van der Waals surface area (Å²) in [6.45, 7) is 3.45. The monoisotopic (exact) mass is 312 g/mol. The summed E-state index contributed by atoms with van der Waals surface area (Å²) in [6.07, 6.45) is 3.00. The highest BCUT2D eigenvalue weighted by Gasteiger charge is 2.19. The number of ether oxygens (including phenoxy) is 1. The molecule has 0 bridgehead atoms. The van der Waals surface area contributed by atoms with E-state index in [-0.39, 0.29) is 0 Å². The third kappa shape index (κ3) is 3.79. The van der Waals surface area contributed by atoms with Crippen molar-refractivity contribution in [3.8, 4) is 0 Å². The van der Waals surface area contributed by atoms with Gasteiger partial charge in [0.15, 0.2) is 5.96 Å². The highest BCUT2D eigenvalue weighted by molar-refractivity contribution is 5.83. The second kappa shape index (κ2) is 7.42. The Kier molecular flexibility index (Phi) is 5.08. The van der Waals surface area contributed by atoms with Crippen molar-refractivity contribution in [3.05, 3.63) is 42.1 Å². The van der Waals surface area contributed by atoms with Crippen molar-refractivity contribution in [3.63, 3.8) is 0 Å². The van der Waals surface area contributed by atoms with Gasteiger partial charge >= 0.3 is 0 Å². The van der Waals surface area contributed by atoms with Crippen LogP contribution in [0.5, 0.6) is 0 Å². The third-order valence-electron chi connectivity index (χ3n) is 4.31. The van der Waals surface area contributed by atoms with Crippen molar-refractivity contribution in [2.24, 2.45) is 10.9 Å². The molecule has 1 aliphatic heterocycles. The maximum Gasteiger partial charge on any atom is 0.193 e. The summed E-state index contributed by atoms with van der Waals surface area (Å²) in [4.78, 5) is 11.0. The first-order valence-electron chi connectivity index (χ1n) is 8.10. The number of nitrogens with one attached hydrogen (secondary N) is 1. The molecule has 0 amide bonds. The average Bonchev–Trinajstić information content (AvgIpc) is 3.08. The molecule has 1 unspecified atom stereocenters. The Bertz CT molecular complexity index is 674. The number of rotatable bonds is 4. The third-order valence-corrected chi connectivity index (χ3v) is 4.31. The van der Waals surface area contributed by atoms with E-state index in [2.05, 4.69) is 45.4 Å². The summed E-state index contributed by atoms with van der Waals surface area (Å²) in [5.74, 6) is 1.51. The van der Waals surface area contributed by atoms with Crippen LogP contribution in [0.15, 0.2) is 41.5 Å². The van der Waals surface area contributed by atoms with E-state index in [4.69, 9.17) is 4.74 Å². The van der Waals surface area contributed by atoms with E-state index in [0.29, 0.717) is 5.92 Å². The molecular weight excluding hydrogens is 288 g/mol. The lowest BCUT2D eigenvalue weighted by molar-refractivity contribution is 0.181. The highest BCUT2D eigenvalue weighted by Crippen LogP contribution is 2.16. The smallest absolute Gasteiger partial charge is 0.193 e. The van der Waals surface area contributed by atoms with Gasteiger partial charge in [0, 0.05) is 51.3 Å². The Morgan fingerprint density at radius 3 is 3.04 bits per heavy atom. The molecule has 2 aromatic rings. The van der Waals surface area contributed by atoms with E-state index in [1.807, 2.05) is 25.4 Å². The van der Waals surface area contributed by atoms with Crippen LogP contribution in [0.1, 0.15) is 12.0 Å². The number of hydrogen-bond acceptors (Lipinski definition) is 3. The molecule has 0 saturated carbocycles. The van der Waals surface area contributed by atoms with Crippen LogP contribution < -0.4 is 5.32 Å². The van der Waals surface area contributed by atoms with E-state index in [1.165, 1.54) is 10.9 Å². The van der Waals surface area contributed by atoms with E-state index < -0.39 is 0 Å². The van der Waals surface area contributed by atoms with Crippen LogP contribution in [0, 0.1) is 5.92 Å². The largest absolute Gasteiger partial charge is 0.381 e. The predicted octanol–water partition coefficient (Wildman–Crippen LogP) is 2.28. The SMILES string of the molecule is CN=C(NCc1ccnc2ccccc12)N(C)CC1CCOC1. The molecule has 5 heteroatoms. The van der Waals surface area contributed by atoms with Gasteiger partial charge in [-0.05, 0) is 24.1 Å². The molecule has 1 saturated heterocycles. The molecule has 1 aromatic heterocycles. The van der Waals surface area contributed by atoms with Gasteiger partial charge in [0.2, 0.25) is 0 Å². The minimum atomic E-state index is 0.598. The predicted molar refractivity (Wildman–Crippen MR) is 93.5 cm³/mol. The maximum absolute atomic E-state index is 5.45. The summed E-state index contributed by atoms with van der Waals surface area (Å²) in [7, 11) is 3.91. The van der Waals surface area contributed by atoms with Crippen molar-refractivity contribution in [1.29, 1.82) is 0 Å². The van der Waals surface area contributed by atoms with Crippen LogP contribution in [-0.2, 0) is 11.3 Å². The fourth-order valence-electron chi connectivity index (χ4n) is 3.07. The summed E-state index contributed by atoms with van der Waals surface area (Å²) in [6, 6.07) is 10.3. The Hall–Kier alpha value is -2.14. The second-order valence-electron chi connectivity index (χ2n) is 6.00. The van der Waals surface area contributed by atoms with E-state index in [0.717, 1.165) is 44.2 Å². The van der Waals surface area contributed by atoms with Crippen LogP contribution in [0.25, 0.3) is 10.9 Å². The topological polar surface area (TPSA) is 49.8 Å². The summed E-state index contributed by atoms with van der Waals surface area (Å²) in [5.41, 5.74) is 2.26. The van der Waals surface area contributed by atoms with Crippen molar-refractivity contribution < 1.29 is 4.74 Å². The maximum atomic E-state index is 5.45. The lowest BCUT2D eigenvalue weighted by Gasteiger charge is -2.24. The van der Waals surface area contributed by atoms with Crippen LogP contribution in [-0.4, -0.2) is 49.7 Å². The number of benzene rings is 1. The van der Waals surface area contributed by atoms with Gasteiger partial charge in [0.05, 0.1) is 12.1 Å². The van der Waals surface area contributed by atoms with Crippen molar-refractivity contribution in [1.82, 2.24) is 15.2 Å². The zero-order chi connectivity index (χ0) is 16.1. The van der Waals surface area contributed by atoms with Crippen molar-refractivity contribution in [2.45, 2.75) is 13.0 Å². The zero-order valence-corrected chi connectivity index (χ0v) is 13.8. The molecule has 0 radical (unpaired) electrons. The van der Waals surface area contributed by atoms with Crippen LogP contribution in [0.4, 0.5) is 0 Å². The number of para-hydroxylation sites is 1. The number of aliphatic imine (C=N–C) groups is 1. The molecule has 1 aromatic carbocycles.